The Balaban J connectivity index is 1.99. The molecule has 12 heavy (non-hydrogen) atoms. The van der Waals surface area contributed by atoms with Crippen molar-refractivity contribution in [3.8, 4) is 0 Å². The van der Waals surface area contributed by atoms with Crippen LogP contribution < -0.4 is 10.6 Å². The molecule has 5 heteroatoms. The van der Waals surface area contributed by atoms with E-state index in [1.807, 2.05) is 0 Å². The third kappa shape index (κ3) is 1.91. The molecule has 0 spiro atoms. The number of aliphatic imine (C=N–C) groups is 1. The standard InChI is InChI=1S/C7H9Cl2N3/c8-5-3-10-7(9)12-6(5)11-4-1-2-4/h3-4,6,11H,1-2H2,(H,10,12). The van der Waals surface area contributed by atoms with Crippen molar-refractivity contribution >= 4 is 28.5 Å². The van der Waals surface area contributed by atoms with Gasteiger partial charge >= 0.3 is 0 Å². The third-order valence-electron chi connectivity index (χ3n) is 1.80. The summed E-state index contributed by atoms with van der Waals surface area (Å²) in [6.07, 6.45) is 3.94. The highest BCUT2D eigenvalue weighted by molar-refractivity contribution is 6.65. The first-order valence-electron chi connectivity index (χ1n) is 3.87. The Bertz CT molecular complexity index is 245. The van der Waals surface area contributed by atoms with Gasteiger partial charge in [0, 0.05) is 12.2 Å². The number of rotatable bonds is 2. The number of hydrogen-bond acceptors (Lipinski definition) is 3. The molecule has 0 aromatic heterocycles. The number of amidine groups is 1. The minimum absolute atomic E-state index is 0.145. The van der Waals surface area contributed by atoms with E-state index < -0.39 is 0 Å². The summed E-state index contributed by atoms with van der Waals surface area (Å²) in [5, 5.41) is 7.04. The van der Waals surface area contributed by atoms with Crippen LogP contribution >= 0.6 is 23.2 Å². The van der Waals surface area contributed by atoms with E-state index in [0.29, 0.717) is 16.4 Å². The molecule has 1 fully saturated rings. The Morgan fingerprint density at radius 2 is 2.25 bits per heavy atom. The van der Waals surface area contributed by atoms with E-state index in [0.717, 1.165) is 0 Å². The lowest BCUT2D eigenvalue weighted by atomic mass is 10.4. The van der Waals surface area contributed by atoms with Gasteiger partial charge in [-0.05, 0) is 24.4 Å². The van der Waals surface area contributed by atoms with Gasteiger partial charge in [-0.3, -0.25) is 5.32 Å². The molecule has 1 atom stereocenters. The quantitative estimate of drug-likeness (QED) is 0.669. The lowest BCUT2D eigenvalue weighted by molar-refractivity contribution is 0.595. The van der Waals surface area contributed by atoms with Crippen LogP contribution in [0.25, 0.3) is 0 Å². The van der Waals surface area contributed by atoms with Gasteiger partial charge in [-0.2, -0.15) is 0 Å². The second-order valence-electron chi connectivity index (χ2n) is 2.94. The van der Waals surface area contributed by atoms with Crippen molar-refractivity contribution in [2.75, 3.05) is 0 Å². The van der Waals surface area contributed by atoms with E-state index in [2.05, 4.69) is 15.6 Å². The molecule has 1 saturated carbocycles. The number of hydrogen-bond donors (Lipinski definition) is 2. The Morgan fingerprint density at radius 1 is 1.50 bits per heavy atom. The van der Waals surface area contributed by atoms with Gasteiger partial charge in [0.15, 0.2) is 5.29 Å². The maximum absolute atomic E-state index is 5.89. The molecular weight excluding hydrogens is 197 g/mol. The van der Waals surface area contributed by atoms with Gasteiger partial charge in [-0.1, -0.05) is 11.6 Å². The molecule has 0 saturated heterocycles. The van der Waals surface area contributed by atoms with Crippen molar-refractivity contribution in [2.24, 2.45) is 4.99 Å². The smallest absolute Gasteiger partial charge is 0.197 e. The van der Waals surface area contributed by atoms with E-state index in [1.54, 1.807) is 6.20 Å². The van der Waals surface area contributed by atoms with Crippen molar-refractivity contribution in [1.29, 1.82) is 0 Å². The van der Waals surface area contributed by atoms with Crippen molar-refractivity contribution in [2.45, 2.75) is 25.0 Å². The van der Waals surface area contributed by atoms with E-state index in [9.17, 15) is 0 Å². The average molecular weight is 206 g/mol. The Labute approximate surface area is 80.8 Å². The summed E-state index contributed by atoms with van der Waals surface area (Å²) < 4.78 is 0. The number of nitrogens with one attached hydrogen (secondary N) is 2. The molecule has 2 rings (SSSR count). The van der Waals surface area contributed by atoms with Crippen molar-refractivity contribution in [3.05, 3.63) is 11.2 Å². The predicted octanol–water partition coefficient (Wildman–Crippen LogP) is 1.34. The van der Waals surface area contributed by atoms with Crippen LogP contribution in [-0.2, 0) is 0 Å². The van der Waals surface area contributed by atoms with Crippen LogP contribution in [0.4, 0.5) is 0 Å². The topological polar surface area (TPSA) is 36.4 Å². The lowest BCUT2D eigenvalue weighted by Crippen LogP contribution is -2.35. The zero-order valence-corrected chi connectivity index (χ0v) is 7.86. The Morgan fingerprint density at radius 3 is 2.92 bits per heavy atom. The molecule has 3 nitrogen and oxygen atoms in total. The predicted molar refractivity (Wildman–Crippen MR) is 50.3 cm³/mol. The molecule has 0 aromatic rings. The zero-order chi connectivity index (χ0) is 8.55. The summed E-state index contributed by atoms with van der Waals surface area (Å²) in [6, 6.07) is 0.573. The van der Waals surface area contributed by atoms with Crippen molar-refractivity contribution < 1.29 is 0 Å². The highest BCUT2D eigenvalue weighted by Gasteiger charge is 2.26. The normalized spacial score (nSPS) is 29.0. The van der Waals surface area contributed by atoms with Crippen LogP contribution in [0.15, 0.2) is 16.2 Å². The van der Waals surface area contributed by atoms with Crippen LogP contribution in [0.2, 0.25) is 0 Å². The van der Waals surface area contributed by atoms with Gasteiger partial charge in [0.25, 0.3) is 0 Å². The molecule has 0 amide bonds. The van der Waals surface area contributed by atoms with Gasteiger partial charge < -0.3 is 5.32 Å². The van der Waals surface area contributed by atoms with Gasteiger partial charge in [-0.15, -0.1) is 0 Å². The van der Waals surface area contributed by atoms with Crippen LogP contribution in [0.5, 0.6) is 0 Å². The first kappa shape index (κ1) is 8.35. The minimum atomic E-state index is -0.145. The van der Waals surface area contributed by atoms with Crippen LogP contribution in [0.1, 0.15) is 12.8 Å². The summed E-state index contributed by atoms with van der Waals surface area (Å²) in [5.41, 5.74) is 0. The maximum Gasteiger partial charge on any atom is 0.197 e. The maximum atomic E-state index is 5.89. The fourth-order valence-electron chi connectivity index (χ4n) is 1.01. The molecule has 2 N–H and O–H groups in total. The van der Waals surface area contributed by atoms with E-state index >= 15 is 0 Å². The summed E-state index contributed by atoms with van der Waals surface area (Å²) in [7, 11) is 0. The first-order chi connectivity index (χ1) is 5.75. The first-order valence-corrected chi connectivity index (χ1v) is 4.63. The molecule has 1 heterocycles. The van der Waals surface area contributed by atoms with Gasteiger partial charge in [-0.25, -0.2) is 4.99 Å². The van der Waals surface area contributed by atoms with Gasteiger partial charge in [0.2, 0.25) is 0 Å². The molecular formula is C7H9Cl2N3. The molecule has 1 aliphatic heterocycles. The van der Waals surface area contributed by atoms with E-state index in [1.165, 1.54) is 12.8 Å². The fourth-order valence-corrected chi connectivity index (χ4v) is 1.33. The highest BCUT2D eigenvalue weighted by Crippen LogP contribution is 2.23. The summed E-state index contributed by atoms with van der Waals surface area (Å²) >= 11 is 11.6. The van der Waals surface area contributed by atoms with Crippen LogP contribution in [0, 0.1) is 0 Å². The van der Waals surface area contributed by atoms with Gasteiger partial charge in [0.05, 0.1) is 5.03 Å². The van der Waals surface area contributed by atoms with Gasteiger partial charge in [0.1, 0.15) is 6.17 Å². The molecule has 0 aromatic carbocycles. The Kier molecular flexibility index (Phi) is 2.26. The molecule has 0 radical (unpaired) electrons. The second-order valence-corrected chi connectivity index (χ2v) is 3.73. The largest absolute Gasteiger partial charge is 0.336 e. The molecule has 1 aliphatic carbocycles. The number of halogens is 2. The second kappa shape index (κ2) is 3.24. The molecule has 66 valence electrons. The van der Waals surface area contributed by atoms with E-state index in [-0.39, 0.29) is 6.17 Å². The van der Waals surface area contributed by atoms with Crippen molar-refractivity contribution in [3.63, 3.8) is 0 Å². The summed E-state index contributed by atoms with van der Waals surface area (Å²) in [4.78, 5) is 4.10. The van der Waals surface area contributed by atoms with Crippen LogP contribution in [-0.4, -0.2) is 17.5 Å². The molecule has 1 unspecified atom stereocenters. The lowest BCUT2D eigenvalue weighted by Gasteiger charge is -2.17. The Hall–Kier alpha value is -0.250. The van der Waals surface area contributed by atoms with E-state index in [4.69, 9.17) is 23.2 Å². The SMILES string of the molecule is ClC1=CNC(Cl)=NC1NC1CC1. The monoisotopic (exact) mass is 205 g/mol. The molecule has 2 aliphatic rings. The molecule has 0 bridgehead atoms. The fraction of sp³-hybridized carbons (Fsp3) is 0.571. The highest BCUT2D eigenvalue weighted by atomic mass is 35.5. The summed E-state index contributed by atoms with van der Waals surface area (Å²) in [5.74, 6) is 0. The number of nitrogens with zero attached hydrogens (tertiary/aromatic N) is 1. The zero-order valence-electron chi connectivity index (χ0n) is 6.35. The summed E-state index contributed by atoms with van der Waals surface area (Å²) in [6.45, 7) is 0. The minimum Gasteiger partial charge on any atom is -0.336 e. The average Bonchev–Trinajstić information content (AvgIpc) is 2.81. The van der Waals surface area contributed by atoms with Crippen molar-refractivity contribution in [1.82, 2.24) is 10.6 Å². The van der Waals surface area contributed by atoms with Crippen LogP contribution in [0.3, 0.4) is 0 Å². The third-order valence-corrected chi connectivity index (χ3v) is 2.33.